The molecule has 0 saturated carbocycles. The van der Waals surface area contributed by atoms with Gasteiger partial charge in [-0.2, -0.15) is 5.26 Å². The lowest BCUT2D eigenvalue weighted by molar-refractivity contribution is -0.157. The molecule has 0 spiro atoms. The third-order valence-electron chi connectivity index (χ3n) is 1.84. The van der Waals surface area contributed by atoms with Crippen LogP contribution in [0.2, 0.25) is 0 Å². The smallest absolute Gasteiger partial charge is 0.324 e. The molecule has 0 amide bonds. The molecule has 0 aromatic heterocycles. The lowest BCUT2D eigenvalue weighted by Crippen LogP contribution is -2.29. The standard InChI is InChI=1S/C10H15NO4/c1-4-14-9(12)7(3)8(6-11)10(13)15-5-2/h7-8H,4-5H2,1-3H3/t7-,8?/m0/s1. The number of nitriles is 1. The van der Waals surface area contributed by atoms with Crippen molar-refractivity contribution in [2.75, 3.05) is 13.2 Å². The van der Waals surface area contributed by atoms with Gasteiger partial charge in [-0.25, -0.2) is 0 Å². The van der Waals surface area contributed by atoms with E-state index in [1.807, 2.05) is 0 Å². The third-order valence-corrected chi connectivity index (χ3v) is 1.84. The van der Waals surface area contributed by atoms with Crippen molar-refractivity contribution in [2.24, 2.45) is 11.8 Å². The highest BCUT2D eigenvalue weighted by molar-refractivity contribution is 5.83. The molecule has 0 aromatic carbocycles. The second-order valence-electron chi connectivity index (χ2n) is 2.90. The van der Waals surface area contributed by atoms with E-state index >= 15 is 0 Å². The predicted octanol–water partition coefficient (Wildman–Crippen LogP) is 0.888. The zero-order chi connectivity index (χ0) is 11.8. The van der Waals surface area contributed by atoms with Crippen LogP contribution in [0.3, 0.4) is 0 Å². The minimum Gasteiger partial charge on any atom is -0.466 e. The monoisotopic (exact) mass is 213 g/mol. The molecular weight excluding hydrogens is 198 g/mol. The van der Waals surface area contributed by atoms with E-state index in [-0.39, 0.29) is 13.2 Å². The quantitative estimate of drug-likeness (QED) is 0.634. The Morgan fingerprint density at radius 2 is 1.67 bits per heavy atom. The van der Waals surface area contributed by atoms with Crippen molar-refractivity contribution < 1.29 is 19.1 Å². The number of carbonyl (C=O) groups excluding carboxylic acids is 2. The number of hydrogen-bond acceptors (Lipinski definition) is 5. The van der Waals surface area contributed by atoms with E-state index in [1.165, 1.54) is 6.92 Å². The topological polar surface area (TPSA) is 76.4 Å². The normalized spacial score (nSPS) is 13.5. The van der Waals surface area contributed by atoms with Crippen LogP contribution in [0.15, 0.2) is 0 Å². The van der Waals surface area contributed by atoms with Crippen molar-refractivity contribution in [3.8, 4) is 6.07 Å². The zero-order valence-electron chi connectivity index (χ0n) is 9.15. The average Bonchev–Trinajstić information content (AvgIpc) is 2.19. The average molecular weight is 213 g/mol. The van der Waals surface area contributed by atoms with E-state index in [9.17, 15) is 9.59 Å². The molecule has 0 saturated heterocycles. The number of rotatable bonds is 5. The molecule has 0 aliphatic heterocycles. The van der Waals surface area contributed by atoms with Gasteiger partial charge in [-0.3, -0.25) is 9.59 Å². The van der Waals surface area contributed by atoms with Gasteiger partial charge in [0.2, 0.25) is 0 Å². The van der Waals surface area contributed by atoms with Gasteiger partial charge in [-0.15, -0.1) is 0 Å². The Labute approximate surface area is 89.0 Å². The highest BCUT2D eigenvalue weighted by atomic mass is 16.5. The van der Waals surface area contributed by atoms with E-state index in [4.69, 9.17) is 10.00 Å². The molecule has 5 nitrogen and oxygen atoms in total. The van der Waals surface area contributed by atoms with Gasteiger partial charge in [0, 0.05) is 0 Å². The zero-order valence-corrected chi connectivity index (χ0v) is 9.15. The summed E-state index contributed by atoms with van der Waals surface area (Å²) in [5.74, 6) is -3.13. The molecule has 0 radical (unpaired) electrons. The number of hydrogen-bond donors (Lipinski definition) is 0. The van der Waals surface area contributed by atoms with E-state index in [0.29, 0.717) is 0 Å². The summed E-state index contributed by atoms with van der Waals surface area (Å²) in [6.07, 6.45) is 0. The van der Waals surface area contributed by atoms with Crippen LogP contribution < -0.4 is 0 Å². The van der Waals surface area contributed by atoms with Crippen LogP contribution in [-0.2, 0) is 19.1 Å². The first-order valence-corrected chi connectivity index (χ1v) is 4.81. The molecule has 2 atom stereocenters. The van der Waals surface area contributed by atoms with E-state index in [0.717, 1.165) is 0 Å². The van der Waals surface area contributed by atoms with Crippen LogP contribution in [0.1, 0.15) is 20.8 Å². The summed E-state index contributed by atoms with van der Waals surface area (Å²) in [5, 5.41) is 8.75. The van der Waals surface area contributed by atoms with Crippen LogP contribution in [0.5, 0.6) is 0 Å². The summed E-state index contributed by atoms with van der Waals surface area (Å²) in [7, 11) is 0. The second kappa shape index (κ2) is 6.82. The largest absolute Gasteiger partial charge is 0.466 e. The summed E-state index contributed by atoms with van der Waals surface area (Å²) in [6, 6.07) is 1.75. The highest BCUT2D eigenvalue weighted by Gasteiger charge is 2.32. The number of esters is 2. The van der Waals surface area contributed by atoms with Gasteiger partial charge in [0.05, 0.1) is 25.2 Å². The van der Waals surface area contributed by atoms with Gasteiger partial charge in [-0.1, -0.05) is 6.92 Å². The first kappa shape index (κ1) is 13.4. The van der Waals surface area contributed by atoms with Crippen molar-refractivity contribution in [3.05, 3.63) is 0 Å². The Kier molecular flexibility index (Phi) is 6.11. The molecule has 0 rings (SSSR count). The first-order valence-electron chi connectivity index (χ1n) is 4.81. The van der Waals surface area contributed by atoms with Crippen LogP contribution in [0.4, 0.5) is 0 Å². The molecule has 0 fully saturated rings. The maximum Gasteiger partial charge on any atom is 0.324 e. The summed E-state index contributed by atoms with van der Waals surface area (Å²) in [6.45, 7) is 5.19. The van der Waals surface area contributed by atoms with Crippen LogP contribution >= 0.6 is 0 Å². The van der Waals surface area contributed by atoms with Crippen LogP contribution in [0.25, 0.3) is 0 Å². The van der Waals surface area contributed by atoms with Gasteiger partial charge in [0.15, 0.2) is 5.92 Å². The van der Waals surface area contributed by atoms with Crippen LogP contribution in [0, 0.1) is 23.2 Å². The molecule has 0 bridgehead atoms. The van der Waals surface area contributed by atoms with Gasteiger partial charge in [0.1, 0.15) is 0 Å². The molecule has 0 heterocycles. The molecule has 0 N–H and O–H groups in total. The number of ether oxygens (including phenoxy) is 2. The highest BCUT2D eigenvalue weighted by Crippen LogP contribution is 2.14. The van der Waals surface area contributed by atoms with E-state index in [1.54, 1.807) is 19.9 Å². The molecule has 15 heavy (non-hydrogen) atoms. The molecule has 0 aliphatic rings. The summed E-state index contributed by atoms with van der Waals surface area (Å²) >= 11 is 0. The van der Waals surface area contributed by atoms with Crippen molar-refractivity contribution in [1.82, 2.24) is 0 Å². The van der Waals surface area contributed by atoms with Gasteiger partial charge >= 0.3 is 11.9 Å². The third kappa shape index (κ3) is 3.98. The number of nitrogens with zero attached hydrogens (tertiary/aromatic N) is 1. The maximum atomic E-state index is 11.3. The lowest BCUT2D eigenvalue weighted by Gasteiger charge is -2.14. The first-order chi connectivity index (χ1) is 7.08. The SMILES string of the molecule is CCOC(=O)C(C#N)[C@H](C)C(=O)OCC. The van der Waals surface area contributed by atoms with Crippen molar-refractivity contribution in [3.63, 3.8) is 0 Å². The fraction of sp³-hybridized carbons (Fsp3) is 0.700. The number of carbonyl (C=O) groups is 2. The van der Waals surface area contributed by atoms with Crippen molar-refractivity contribution in [2.45, 2.75) is 20.8 Å². The molecule has 5 heteroatoms. The molecular formula is C10H15NO4. The van der Waals surface area contributed by atoms with Crippen LogP contribution in [-0.4, -0.2) is 25.2 Å². The minimum absolute atomic E-state index is 0.187. The Hall–Kier alpha value is -1.57. The van der Waals surface area contributed by atoms with Crippen molar-refractivity contribution in [1.29, 1.82) is 5.26 Å². The Balaban J connectivity index is 4.48. The fourth-order valence-corrected chi connectivity index (χ4v) is 1.01. The molecule has 0 aliphatic carbocycles. The predicted molar refractivity (Wildman–Crippen MR) is 51.5 cm³/mol. The summed E-state index contributed by atoms with van der Waals surface area (Å²) in [4.78, 5) is 22.5. The second-order valence-corrected chi connectivity index (χ2v) is 2.90. The maximum absolute atomic E-state index is 11.3. The molecule has 0 aromatic rings. The summed E-state index contributed by atoms with van der Waals surface area (Å²) in [5.41, 5.74) is 0. The Bertz CT molecular complexity index is 269. The fourth-order valence-electron chi connectivity index (χ4n) is 1.01. The summed E-state index contributed by atoms with van der Waals surface area (Å²) < 4.78 is 9.39. The van der Waals surface area contributed by atoms with Crippen molar-refractivity contribution >= 4 is 11.9 Å². The van der Waals surface area contributed by atoms with Gasteiger partial charge in [-0.05, 0) is 13.8 Å². The van der Waals surface area contributed by atoms with Gasteiger partial charge < -0.3 is 9.47 Å². The van der Waals surface area contributed by atoms with E-state index in [2.05, 4.69) is 4.74 Å². The lowest BCUT2D eigenvalue weighted by atomic mass is 9.96. The Morgan fingerprint density at radius 3 is 2.07 bits per heavy atom. The minimum atomic E-state index is -1.09. The van der Waals surface area contributed by atoms with E-state index < -0.39 is 23.8 Å². The Morgan fingerprint density at radius 1 is 1.20 bits per heavy atom. The molecule has 1 unspecified atom stereocenters. The molecule has 84 valence electrons. The van der Waals surface area contributed by atoms with Gasteiger partial charge in [0.25, 0.3) is 0 Å².